The van der Waals surface area contributed by atoms with Crippen molar-refractivity contribution in [3.05, 3.63) is 90.1 Å². The smallest absolute Gasteiger partial charge is 0.222 e. The van der Waals surface area contributed by atoms with E-state index in [0.29, 0.717) is 18.9 Å². The van der Waals surface area contributed by atoms with Crippen molar-refractivity contribution in [2.45, 2.75) is 18.9 Å². The third kappa shape index (κ3) is 4.81. The molecule has 0 radical (unpaired) electrons. The van der Waals surface area contributed by atoms with Gasteiger partial charge in [-0.2, -0.15) is 0 Å². The lowest BCUT2D eigenvalue weighted by atomic mass is 9.98. The van der Waals surface area contributed by atoms with E-state index < -0.39 is 0 Å². The van der Waals surface area contributed by atoms with Gasteiger partial charge in [0.25, 0.3) is 0 Å². The van der Waals surface area contributed by atoms with Crippen LogP contribution in [0, 0.1) is 5.82 Å². The van der Waals surface area contributed by atoms with E-state index in [-0.39, 0.29) is 24.2 Å². The summed E-state index contributed by atoms with van der Waals surface area (Å²) in [5, 5.41) is 7.23. The van der Waals surface area contributed by atoms with Gasteiger partial charge in [-0.15, -0.1) is 0 Å². The average molecular weight is 403 g/mol. The summed E-state index contributed by atoms with van der Waals surface area (Å²) in [5.41, 5.74) is 2.99. The molecule has 1 atom stereocenters. The lowest BCUT2D eigenvalue weighted by Gasteiger charge is -2.19. The van der Waals surface area contributed by atoms with Crippen molar-refractivity contribution in [3.8, 4) is 0 Å². The highest BCUT2D eigenvalue weighted by Crippen LogP contribution is 2.25. The number of benzene rings is 2. The first kappa shape index (κ1) is 19.6. The maximum absolute atomic E-state index is 13.4. The van der Waals surface area contributed by atoms with Crippen LogP contribution in [0.25, 0.3) is 10.9 Å². The van der Waals surface area contributed by atoms with Crippen LogP contribution >= 0.6 is 0 Å². The van der Waals surface area contributed by atoms with Gasteiger partial charge < -0.3 is 15.6 Å². The molecule has 0 fully saturated rings. The molecule has 1 amide bonds. The number of aromatic nitrogens is 3. The molecule has 0 bridgehead atoms. The molecule has 30 heavy (non-hydrogen) atoms. The van der Waals surface area contributed by atoms with E-state index in [1.54, 1.807) is 30.6 Å². The zero-order valence-electron chi connectivity index (χ0n) is 16.3. The molecule has 0 saturated heterocycles. The van der Waals surface area contributed by atoms with E-state index in [4.69, 9.17) is 0 Å². The molecular weight excluding hydrogens is 381 g/mol. The van der Waals surface area contributed by atoms with Gasteiger partial charge >= 0.3 is 0 Å². The van der Waals surface area contributed by atoms with Crippen LogP contribution < -0.4 is 10.6 Å². The van der Waals surface area contributed by atoms with Gasteiger partial charge in [-0.1, -0.05) is 30.3 Å². The summed E-state index contributed by atoms with van der Waals surface area (Å²) in [6.07, 6.45) is 6.10. The van der Waals surface area contributed by atoms with E-state index in [1.807, 2.05) is 24.4 Å². The van der Waals surface area contributed by atoms with Crippen molar-refractivity contribution < 1.29 is 9.18 Å². The molecule has 0 aliphatic carbocycles. The van der Waals surface area contributed by atoms with Crippen molar-refractivity contribution in [2.75, 3.05) is 11.9 Å². The SMILES string of the molecule is O=C(CCNc1ncccn1)N[C@H](Cc1c[nH]c2ccccc12)c1ccc(F)cc1. The van der Waals surface area contributed by atoms with E-state index in [0.717, 1.165) is 22.0 Å². The highest BCUT2D eigenvalue weighted by atomic mass is 19.1. The summed E-state index contributed by atoms with van der Waals surface area (Å²) < 4.78 is 13.4. The van der Waals surface area contributed by atoms with E-state index in [1.165, 1.54) is 12.1 Å². The maximum Gasteiger partial charge on any atom is 0.222 e. The molecule has 2 heterocycles. The van der Waals surface area contributed by atoms with Crippen LogP contribution in [0.2, 0.25) is 0 Å². The predicted molar refractivity (Wildman–Crippen MR) is 114 cm³/mol. The molecule has 0 aliphatic heterocycles. The minimum absolute atomic E-state index is 0.104. The fourth-order valence-corrected chi connectivity index (χ4v) is 3.41. The Balaban J connectivity index is 1.46. The molecule has 0 spiro atoms. The first-order chi connectivity index (χ1) is 14.7. The maximum atomic E-state index is 13.4. The summed E-state index contributed by atoms with van der Waals surface area (Å²) >= 11 is 0. The molecular formula is C23H22FN5O. The molecule has 3 N–H and O–H groups in total. The zero-order chi connectivity index (χ0) is 20.8. The van der Waals surface area contributed by atoms with Gasteiger partial charge in [0.05, 0.1) is 6.04 Å². The number of hydrogen-bond donors (Lipinski definition) is 3. The first-order valence-electron chi connectivity index (χ1n) is 9.80. The van der Waals surface area contributed by atoms with Crippen LogP contribution in [0.3, 0.4) is 0 Å². The summed E-state index contributed by atoms with van der Waals surface area (Å²) in [7, 11) is 0. The number of fused-ring (bicyclic) bond motifs is 1. The highest BCUT2D eigenvalue weighted by Gasteiger charge is 2.17. The summed E-state index contributed by atoms with van der Waals surface area (Å²) in [6, 6.07) is 15.7. The van der Waals surface area contributed by atoms with Crippen LogP contribution in [-0.2, 0) is 11.2 Å². The van der Waals surface area contributed by atoms with Crippen molar-refractivity contribution in [2.24, 2.45) is 0 Å². The van der Waals surface area contributed by atoms with Crippen LogP contribution in [0.15, 0.2) is 73.2 Å². The van der Waals surface area contributed by atoms with Crippen molar-refractivity contribution in [1.82, 2.24) is 20.3 Å². The summed E-state index contributed by atoms with van der Waals surface area (Å²) in [4.78, 5) is 24.0. The van der Waals surface area contributed by atoms with Crippen molar-refractivity contribution in [1.29, 1.82) is 0 Å². The second kappa shape index (κ2) is 9.17. The number of rotatable bonds is 8. The Morgan fingerprint density at radius 1 is 1.03 bits per heavy atom. The minimum atomic E-state index is -0.303. The Hall–Kier alpha value is -3.74. The molecule has 152 valence electrons. The Bertz CT molecular complexity index is 1110. The van der Waals surface area contributed by atoms with Gasteiger partial charge in [0, 0.05) is 42.5 Å². The van der Waals surface area contributed by atoms with Gasteiger partial charge in [-0.25, -0.2) is 14.4 Å². The molecule has 2 aromatic carbocycles. The lowest BCUT2D eigenvalue weighted by Crippen LogP contribution is -2.31. The Morgan fingerprint density at radius 3 is 2.60 bits per heavy atom. The van der Waals surface area contributed by atoms with Gasteiger partial charge in [-0.3, -0.25) is 4.79 Å². The largest absolute Gasteiger partial charge is 0.361 e. The number of nitrogens with zero attached hydrogens (tertiary/aromatic N) is 2. The first-order valence-corrected chi connectivity index (χ1v) is 9.80. The number of carbonyl (C=O) groups excluding carboxylic acids is 1. The minimum Gasteiger partial charge on any atom is -0.361 e. The third-order valence-corrected chi connectivity index (χ3v) is 4.91. The van der Waals surface area contributed by atoms with Crippen molar-refractivity contribution in [3.63, 3.8) is 0 Å². The number of carbonyl (C=O) groups is 1. The standard InChI is InChI=1S/C23H22FN5O/c24-18-8-6-16(7-9-18)21(14-17-15-28-20-5-2-1-4-19(17)20)29-22(30)10-13-27-23-25-11-3-12-26-23/h1-9,11-12,15,21,28H,10,13-14H2,(H,29,30)(H,25,26,27)/t21-/m1/s1. The van der Waals surface area contributed by atoms with Gasteiger partial charge in [0.1, 0.15) is 5.82 Å². The quantitative estimate of drug-likeness (QED) is 0.415. The third-order valence-electron chi connectivity index (χ3n) is 4.91. The molecule has 2 aromatic heterocycles. The van der Waals surface area contributed by atoms with Crippen LogP contribution in [-0.4, -0.2) is 27.4 Å². The number of hydrogen-bond acceptors (Lipinski definition) is 4. The fourth-order valence-electron chi connectivity index (χ4n) is 3.41. The topological polar surface area (TPSA) is 82.7 Å². The lowest BCUT2D eigenvalue weighted by molar-refractivity contribution is -0.121. The van der Waals surface area contributed by atoms with E-state index in [9.17, 15) is 9.18 Å². The normalized spacial score (nSPS) is 11.9. The van der Waals surface area contributed by atoms with Crippen molar-refractivity contribution >= 4 is 22.8 Å². The molecule has 0 aliphatic rings. The monoisotopic (exact) mass is 403 g/mol. The predicted octanol–water partition coefficient (Wildman–Crippen LogP) is 4.00. The summed E-state index contributed by atoms with van der Waals surface area (Å²) in [6.45, 7) is 0.416. The number of para-hydroxylation sites is 1. The van der Waals surface area contributed by atoms with Crippen LogP contribution in [0.4, 0.5) is 10.3 Å². The molecule has 7 heteroatoms. The average Bonchev–Trinajstić information content (AvgIpc) is 3.17. The molecule has 4 aromatic rings. The number of nitrogens with one attached hydrogen (secondary N) is 3. The number of aromatic amines is 1. The molecule has 4 rings (SSSR count). The Kier molecular flexibility index (Phi) is 5.98. The van der Waals surface area contributed by atoms with E-state index >= 15 is 0 Å². The van der Waals surface area contributed by atoms with Crippen LogP contribution in [0.1, 0.15) is 23.6 Å². The molecule has 0 saturated carbocycles. The second-order valence-electron chi connectivity index (χ2n) is 6.98. The Labute approximate surface area is 173 Å². The van der Waals surface area contributed by atoms with Crippen LogP contribution in [0.5, 0.6) is 0 Å². The fraction of sp³-hybridized carbons (Fsp3) is 0.174. The second-order valence-corrected chi connectivity index (χ2v) is 6.98. The number of anilines is 1. The number of halogens is 1. The number of H-pyrrole nitrogens is 1. The van der Waals surface area contributed by atoms with Gasteiger partial charge in [0.2, 0.25) is 11.9 Å². The molecule has 0 unspecified atom stereocenters. The van der Waals surface area contributed by atoms with E-state index in [2.05, 4.69) is 31.7 Å². The number of amides is 1. The highest BCUT2D eigenvalue weighted by molar-refractivity contribution is 5.83. The van der Waals surface area contributed by atoms with Gasteiger partial charge in [0.15, 0.2) is 0 Å². The molecule has 6 nitrogen and oxygen atoms in total. The Morgan fingerprint density at radius 2 is 1.80 bits per heavy atom. The van der Waals surface area contributed by atoms with Gasteiger partial charge in [-0.05, 0) is 41.8 Å². The zero-order valence-corrected chi connectivity index (χ0v) is 16.3. The summed E-state index contributed by atoms with van der Waals surface area (Å²) in [5.74, 6) is 0.0785.